The lowest BCUT2D eigenvalue weighted by Gasteiger charge is -2.13. The van der Waals surface area contributed by atoms with Gasteiger partial charge in [-0.05, 0) is 57.2 Å². The molecule has 4 rings (SSSR count). The van der Waals surface area contributed by atoms with Gasteiger partial charge in [-0.3, -0.25) is 0 Å². The van der Waals surface area contributed by atoms with E-state index >= 15 is 0 Å². The molecule has 0 saturated heterocycles. The van der Waals surface area contributed by atoms with Gasteiger partial charge < -0.3 is 12.5 Å². The van der Waals surface area contributed by atoms with Crippen molar-refractivity contribution in [3.8, 4) is 17.2 Å². The lowest BCUT2D eigenvalue weighted by molar-refractivity contribution is 0.466. The van der Waals surface area contributed by atoms with Gasteiger partial charge in [0, 0.05) is 18.2 Å². The van der Waals surface area contributed by atoms with Crippen molar-refractivity contribution in [1.82, 2.24) is 0 Å². The summed E-state index contributed by atoms with van der Waals surface area (Å²) in [6, 6.07) is 20.5. The first-order valence-corrected chi connectivity index (χ1v) is 15.6. The topological polar surface area (TPSA) is 130 Å². The van der Waals surface area contributed by atoms with Gasteiger partial charge in [-0.1, -0.05) is 53.1 Å². The average Bonchev–Trinajstić information content (AvgIpc) is 2.84. The standard InChI is InChI=1S/C27H24O9S3/c1-19-4-10-25(11-5-19)37(28,29)34-22-16-23(35-38(30,31)26-12-6-20(2)7-13-26)18-24(17-22)36-39(32,33)27-14-8-21(3)9-15-27/h4-18H,1-3H3. The second-order valence-electron chi connectivity index (χ2n) is 8.69. The minimum atomic E-state index is -4.37. The molecule has 0 fully saturated rings. The van der Waals surface area contributed by atoms with Crippen molar-refractivity contribution < 1.29 is 37.8 Å². The van der Waals surface area contributed by atoms with Crippen LogP contribution in [0.1, 0.15) is 16.7 Å². The van der Waals surface area contributed by atoms with Crippen molar-refractivity contribution in [2.75, 3.05) is 0 Å². The van der Waals surface area contributed by atoms with E-state index in [-0.39, 0.29) is 14.7 Å². The number of rotatable bonds is 9. The second-order valence-corrected chi connectivity index (χ2v) is 13.3. The molecule has 0 N–H and O–H groups in total. The summed E-state index contributed by atoms with van der Waals surface area (Å²) < 4.78 is 92.8. The van der Waals surface area contributed by atoms with E-state index < -0.39 is 47.6 Å². The van der Waals surface area contributed by atoms with Crippen LogP contribution in [0.25, 0.3) is 0 Å². The van der Waals surface area contributed by atoms with E-state index in [2.05, 4.69) is 0 Å². The normalized spacial score (nSPS) is 12.1. The average molecular weight is 589 g/mol. The summed E-state index contributed by atoms with van der Waals surface area (Å²) in [5.41, 5.74) is 2.47. The Hall–Kier alpha value is -3.87. The Labute approximate surface area is 228 Å². The van der Waals surface area contributed by atoms with Crippen LogP contribution >= 0.6 is 0 Å². The second kappa shape index (κ2) is 10.7. The molecule has 0 heterocycles. The fourth-order valence-corrected chi connectivity index (χ4v) is 6.07. The quantitative estimate of drug-likeness (QED) is 0.250. The summed E-state index contributed by atoms with van der Waals surface area (Å²) in [4.78, 5) is -0.496. The number of hydrogen-bond acceptors (Lipinski definition) is 9. The van der Waals surface area contributed by atoms with Gasteiger partial charge in [-0.15, -0.1) is 0 Å². The highest BCUT2D eigenvalue weighted by molar-refractivity contribution is 7.87. The first-order chi connectivity index (χ1) is 18.2. The van der Waals surface area contributed by atoms with Crippen molar-refractivity contribution in [1.29, 1.82) is 0 Å². The zero-order valence-electron chi connectivity index (χ0n) is 21.1. The molecule has 0 spiro atoms. The fraction of sp³-hybridized carbons (Fsp3) is 0.111. The molecule has 39 heavy (non-hydrogen) atoms. The molecule has 0 aliphatic heterocycles. The van der Waals surface area contributed by atoms with Crippen molar-refractivity contribution in [2.45, 2.75) is 35.5 Å². The molecule has 12 heteroatoms. The van der Waals surface area contributed by atoms with Crippen LogP contribution in [0.15, 0.2) is 106 Å². The molecular weight excluding hydrogens is 564 g/mol. The number of aryl methyl sites for hydroxylation is 3. The molecule has 4 aromatic rings. The van der Waals surface area contributed by atoms with E-state index in [1.54, 1.807) is 57.2 Å². The molecule has 0 bridgehead atoms. The third kappa shape index (κ3) is 6.96. The van der Waals surface area contributed by atoms with E-state index in [4.69, 9.17) is 12.5 Å². The van der Waals surface area contributed by atoms with Crippen LogP contribution in [0.4, 0.5) is 0 Å². The van der Waals surface area contributed by atoms with Crippen LogP contribution in [0.5, 0.6) is 17.2 Å². The van der Waals surface area contributed by atoms with Crippen LogP contribution in [0, 0.1) is 20.8 Å². The Morgan fingerprint density at radius 1 is 0.385 bits per heavy atom. The molecule has 0 atom stereocenters. The molecule has 0 aliphatic carbocycles. The maximum Gasteiger partial charge on any atom is 0.339 e. The largest absolute Gasteiger partial charge is 0.379 e. The van der Waals surface area contributed by atoms with Crippen LogP contribution in [-0.4, -0.2) is 25.3 Å². The molecule has 0 unspecified atom stereocenters. The van der Waals surface area contributed by atoms with E-state index in [0.717, 1.165) is 34.9 Å². The molecular formula is C27H24O9S3. The molecule has 4 aromatic carbocycles. The lowest BCUT2D eigenvalue weighted by atomic mass is 10.2. The van der Waals surface area contributed by atoms with Crippen molar-refractivity contribution in [2.24, 2.45) is 0 Å². The Kier molecular flexibility index (Phi) is 7.73. The van der Waals surface area contributed by atoms with E-state index in [0.29, 0.717) is 0 Å². The van der Waals surface area contributed by atoms with Gasteiger partial charge >= 0.3 is 30.4 Å². The zero-order valence-corrected chi connectivity index (χ0v) is 23.5. The van der Waals surface area contributed by atoms with Crippen molar-refractivity contribution >= 4 is 30.4 Å². The Balaban J connectivity index is 1.74. The van der Waals surface area contributed by atoms with Crippen LogP contribution in [0.3, 0.4) is 0 Å². The highest BCUT2D eigenvalue weighted by Gasteiger charge is 2.23. The number of benzene rings is 4. The molecule has 0 amide bonds. The lowest BCUT2D eigenvalue weighted by Crippen LogP contribution is -2.13. The van der Waals surface area contributed by atoms with Crippen LogP contribution in [-0.2, 0) is 30.4 Å². The van der Waals surface area contributed by atoms with Gasteiger partial charge in [-0.25, -0.2) is 0 Å². The molecule has 0 saturated carbocycles. The van der Waals surface area contributed by atoms with Gasteiger partial charge in [0.2, 0.25) is 0 Å². The van der Waals surface area contributed by atoms with Gasteiger partial charge in [-0.2, -0.15) is 25.3 Å². The minimum Gasteiger partial charge on any atom is -0.379 e. The molecule has 0 radical (unpaired) electrons. The highest BCUT2D eigenvalue weighted by Crippen LogP contribution is 2.33. The summed E-state index contributed by atoms with van der Waals surface area (Å²) in [6.45, 7) is 5.35. The summed E-state index contributed by atoms with van der Waals surface area (Å²) in [5.74, 6) is -1.29. The molecule has 9 nitrogen and oxygen atoms in total. The SMILES string of the molecule is Cc1ccc(S(=O)(=O)Oc2cc(OS(=O)(=O)c3ccc(C)cc3)cc(OS(=O)(=O)c3ccc(C)cc3)c2)cc1. The Morgan fingerprint density at radius 3 is 0.795 bits per heavy atom. The van der Waals surface area contributed by atoms with Crippen molar-refractivity contribution in [3.05, 3.63) is 108 Å². The minimum absolute atomic E-state index is 0.165. The Morgan fingerprint density at radius 2 is 0.590 bits per heavy atom. The van der Waals surface area contributed by atoms with Gasteiger partial charge in [0.25, 0.3) is 0 Å². The summed E-state index contributed by atoms with van der Waals surface area (Å²) >= 11 is 0. The maximum absolute atomic E-state index is 12.9. The third-order valence-electron chi connectivity index (χ3n) is 5.40. The predicted octanol–water partition coefficient (Wildman–Crippen LogP) is 4.91. The highest BCUT2D eigenvalue weighted by atomic mass is 32.2. The molecule has 0 aromatic heterocycles. The first-order valence-electron chi connectivity index (χ1n) is 11.4. The van der Waals surface area contributed by atoms with Crippen LogP contribution < -0.4 is 12.5 Å². The monoisotopic (exact) mass is 588 g/mol. The van der Waals surface area contributed by atoms with Gasteiger partial charge in [0.05, 0.1) is 0 Å². The molecule has 204 valence electrons. The predicted molar refractivity (Wildman–Crippen MR) is 143 cm³/mol. The van der Waals surface area contributed by atoms with E-state index in [9.17, 15) is 25.3 Å². The first kappa shape index (κ1) is 28.1. The fourth-order valence-electron chi connectivity index (χ4n) is 3.33. The summed E-state index contributed by atoms with van der Waals surface area (Å²) in [5, 5.41) is 0. The molecule has 0 aliphatic rings. The van der Waals surface area contributed by atoms with E-state index in [1.165, 1.54) is 36.4 Å². The zero-order chi connectivity index (χ0) is 28.4. The summed E-state index contributed by atoms with van der Waals surface area (Å²) in [6.07, 6.45) is 0. The third-order valence-corrected chi connectivity index (χ3v) is 9.18. The maximum atomic E-state index is 12.9. The van der Waals surface area contributed by atoms with E-state index in [1.807, 2.05) is 0 Å². The Bertz CT molecular complexity index is 1580. The van der Waals surface area contributed by atoms with Gasteiger partial charge in [0.15, 0.2) is 0 Å². The summed E-state index contributed by atoms with van der Waals surface area (Å²) in [7, 11) is -13.1. The van der Waals surface area contributed by atoms with Gasteiger partial charge in [0.1, 0.15) is 31.9 Å². The number of hydrogen-bond donors (Lipinski definition) is 0. The van der Waals surface area contributed by atoms with Crippen LogP contribution in [0.2, 0.25) is 0 Å². The smallest absolute Gasteiger partial charge is 0.339 e. The van der Waals surface area contributed by atoms with Crippen molar-refractivity contribution in [3.63, 3.8) is 0 Å².